The largest absolute Gasteiger partial charge is 0.352 e. The Morgan fingerprint density at radius 3 is 2.66 bits per heavy atom. The molecule has 6 nitrogen and oxygen atoms in total. The zero-order chi connectivity index (χ0) is 21.9. The van der Waals surface area contributed by atoms with Crippen LogP contribution in [0.25, 0.3) is 27.9 Å². The molecule has 0 radical (unpaired) electrons. The summed E-state index contributed by atoms with van der Waals surface area (Å²) in [6.07, 6.45) is 3.49. The van der Waals surface area contributed by atoms with Gasteiger partial charge in [0, 0.05) is 17.7 Å². The predicted molar refractivity (Wildman–Crippen MR) is 126 cm³/mol. The van der Waals surface area contributed by atoms with Crippen molar-refractivity contribution >= 4 is 22.6 Å². The first-order valence-corrected chi connectivity index (χ1v) is 10.7. The van der Waals surface area contributed by atoms with Crippen molar-refractivity contribution in [3.8, 4) is 11.3 Å². The van der Waals surface area contributed by atoms with Crippen LogP contribution in [-0.4, -0.2) is 32.0 Å². The van der Waals surface area contributed by atoms with Gasteiger partial charge < -0.3 is 5.32 Å². The SMILES string of the molecule is Cc1ccccc1-c1nc2ccc(C(=O)NCCCc3ccccc3)cc2n2cnnc12. The lowest BCUT2D eigenvalue weighted by atomic mass is 10.1. The van der Waals surface area contributed by atoms with Gasteiger partial charge in [0.2, 0.25) is 0 Å². The average molecular weight is 422 g/mol. The molecule has 1 N–H and O–H groups in total. The third-order valence-electron chi connectivity index (χ3n) is 5.66. The van der Waals surface area contributed by atoms with E-state index in [9.17, 15) is 4.79 Å². The number of aryl methyl sites for hydroxylation is 2. The van der Waals surface area contributed by atoms with Crippen molar-refractivity contribution < 1.29 is 4.79 Å². The molecule has 6 heteroatoms. The fraction of sp³-hybridized carbons (Fsp3) is 0.154. The highest BCUT2D eigenvalue weighted by molar-refractivity contribution is 5.98. The number of hydrogen-bond acceptors (Lipinski definition) is 4. The number of nitrogens with zero attached hydrogens (tertiary/aromatic N) is 4. The first-order chi connectivity index (χ1) is 15.7. The van der Waals surface area contributed by atoms with Crippen LogP contribution < -0.4 is 5.32 Å². The molecule has 2 heterocycles. The van der Waals surface area contributed by atoms with Gasteiger partial charge in [0.25, 0.3) is 5.91 Å². The minimum Gasteiger partial charge on any atom is -0.352 e. The highest BCUT2D eigenvalue weighted by Gasteiger charge is 2.15. The lowest BCUT2D eigenvalue weighted by Crippen LogP contribution is -2.24. The van der Waals surface area contributed by atoms with Crippen LogP contribution in [0.1, 0.15) is 27.9 Å². The smallest absolute Gasteiger partial charge is 0.251 e. The van der Waals surface area contributed by atoms with Crippen molar-refractivity contribution in [3.05, 3.63) is 95.8 Å². The van der Waals surface area contributed by atoms with Gasteiger partial charge in [-0.2, -0.15) is 0 Å². The molecule has 5 aromatic rings. The van der Waals surface area contributed by atoms with Crippen molar-refractivity contribution in [1.29, 1.82) is 0 Å². The molecule has 0 atom stereocenters. The molecule has 1 amide bonds. The van der Waals surface area contributed by atoms with Crippen LogP contribution in [0, 0.1) is 6.92 Å². The Labute approximate surface area is 186 Å². The van der Waals surface area contributed by atoms with E-state index in [1.807, 2.05) is 59.0 Å². The van der Waals surface area contributed by atoms with E-state index in [4.69, 9.17) is 4.98 Å². The van der Waals surface area contributed by atoms with Crippen molar-refractivity contribution in [2.75, 3.05) is 6.54 Å². The Bertz CT molecular complexity index is 1410. The highest BCUT2D eigenvalue weighted by Crippen LogP contribution is 2.28. The number of benzene rings is 3. The Morgan fingerprint density at radius 2 is 1.81 bits per heavy atom. The molecular weight excluding hydrogens is 398 g/mol. The van der Waals surface area contributed by atoms with Crippen LogP contribution >= 0.6 is 0 Å². The molecule has 0 saturated carbocycles. The topological polar surface area (TPSA) is 72.2 Å². The fourth-order valence-electron chi connectivity index (χ4n) is 3.96. The number of nitrogens with one attached hydrogen (secondary N) is 1. The van der Waals surface area contributed by atoms with E-state index in [-0.39, 0.29) is 5.91 Å². The predicted octanol–water partition coefficient (Wildman–Crippen LogP) is 4.62. The second kappa shape index (κ2) is 8.59. The number of rotatable bonds is 6. The van der Waals surface area contributed by atoms with Gasteiger partial charge in [-0.05, 0) is 49.1 Å². The van der Waals surface area contributed by atoms with Crippen LogP contribution in [0.5, 0.6) is 0 Å². The van der Waals surface area contributed by atoms with Gasteiger partial charge in [0.15, 0.2) is 5.65 Å². The van der Waals surface area contributed by atoms with Crippen molar-refractivity contribution in [3.63, 3.8) is 0 Å². The molecule has 32 heavy (non-hydrogen) atoms. The third kappa shape index (κ3) is 3.83. The van der Waals surface area contributed by atoms with Crippen LogP contribution in [-0.2, 0) is 6.42 Å². The molecule has 2 aromatic heterocycles. The number of amides is 1. The zero-order valence-electron chi connectivity index (χ0n) is 17.8. The van der Waals surface area contributed by atoms with E-state index in [1.54, 1.807) is 6.33 Å². The summed E-state index contributed by atoms with van der Waals surface area (Å²) in [6, 6.07) is 23.9. The maximum Gasteiger partial charge on any atom is 0.251 e. The Kier molecular flexibility index (Phi) is 5.34. The quantitative estimate of drug-likeness (QED) is 0.406. The molecule has 0 unspecified atom stereocenters. The van der Waals surface area contributed by atoms with E-state index < -0.39 is 0 Å². The van der Waals surface area contributed by atoms with E-state index in [0.717, 1.165) is 40.7 Å². The summed E-state index contributed by atoms with van der Waals surface area (Å²) in [5.41, 5.74) is 7.06. The highest BCUT2D eigenvalue weighted by atomic mass is 16.1. The molecule has 5 rings (SSSR count). The summed E-state index contributed by atoms with van der Waals surface area (Å²) < 4.78 is 1.90. The number of hydrogen-bond donors (Lipinski definition) is 1. The third-order valence-corrected chi connectivity index (χ3v) is 5.66. The van der Waals surface area contributed by atoms with Crippen molar-refractivity contribution in [2.45, 2.75) is 19.8 Å². The van der Waals surface area contributed by atoms with Gasteiger partial charge in [-0.3, -0.25) is 9.20 Å². The van der Waals surface area contributed by atoms with Gasteiger partial charge in [0.1, 0.15) is 12.0 Å². The molecule has 0 saturated heterocycles. The lowest BCUT2D eigenvalue weighted by molar-refractivity contribution is 0.0953. The first kappa shape index (κ1) is 19.9. The van der Waals surface area contributed by atoms with E-state index in [1.165, 1.54) is 5.56 Å². The van der Waals surface area contributed by atoms with Gasteiger partial charge >= 0.3 is 0 Å². The number of carbonyl (C=O) groups excluding carboxylic acids is 1. The van der Waals surface area contributed by atoms with Gasteiger partial charge in [-0.1, -0.05) is 54.6 Å². The van der Waals surface area contributed by atoms with Crippen LogP contribution in [0.15, 0.2) is 79.1 Å². The standard InChI is InChI=1S/C26H23N5O/c1-18-8-5-6-12-21(18)24-25-30-28-17-31(25)23-16-20(13-14-22(23)29-24)26(32)27-15-7-11-19-9-3-2-4-10-19/h2-6,8-10,12-14,16-17H,7,11,15H2,1H3,(H,27,32). The molecule has 158 valence electrons. The number of aromatic nitrogens is 4. The van der Waals surface area contributed by atoms with E-state index in [2.05, 4.69) is 40.6 Å². The van der Waals surface area contributed by atoms with Crippen LogP contribution in [0.2, 0.25) is 0 Å². The van der Waals surface area contributed by atoms with Gasteiger partial charge in [0.05, 0.1) is 11.0 Å². The van der Waals surface area contributed by atoms with E-state index >= 15 is 0 Å². The average Bonchev–Trinajstić information content (AvgIpc) is 3.32. The van der Waals surface area contributed by atoms with Crippen molar-refractivity contribution in [2.24, 2.45) is 0 Å². The van der Waals surface area contributed by atoms with Crippen molar-refractivity contribution in [1.82, 2.24) is 24.9 Å². The second-order valence-electron chi connectivity index (χ2n) is 7.85. The molecule has 3 aromatic carbocycles. The van der Waals surface area contributed by atoms with Crippen LogP contribution in [0.3, 0.4) is 0 Å². The minimum absolute atomic E-state index is 0.0934. The van der Waals surface area contributed by atoms with Crippen LogP contribution in [0.4, 0.5) is 0 Å². The molecule has 0 fully saturated rings. The summed E-state index contributed by atoms with van der Waals surface area (Å²) >= 11 is 0. The molecule has 0 aliphatic heterocycles. The summed E-state index contributed by atoms with van der Waals surface area (Å²) in [5, 5.41) is 11.4. The minimum atomic E-state index is -0.0934. The molecule has 0 bridgehead atoms. The zero-order valence-corrected chi connectivity index (χ0v) is 17.8. The normalized spacial score (nSPS) is 11.2. The summed E-state index contributed by atoms with van der Waals surface area (Å²) in [7, 11) is 0. The molecule has 0 spiro atoms. The number of fused-ring (bicyclic) bond motifs is 3. The molecule has 0 aliphatic carbocycles. The lowest BCUT2D eigenvalue weighted by Gasteiger charge is -2.10. The molecular formula is C26H23N5O. The summed E-state index contributed by atoms with van der Waals surface area (Å²) in [6.45, 7) is 2.68. The Morgan fingerprint density at radius 1 is 1.00 bits per heavy atom. The monoisotopic (exact) mass is 421 g/mol. The first-order valence-electron chi connectivity index (χ1n) is 10.7. The maximum atomic E-state index is 12.7. The Balaban J connectivity index is 1.40. The van der Waals surface area contributed by atoms with Gasteiger partial charge in [-0.15, -0.1) is 10.2 Å². The Hall–Kier alpha value is -4.06. The fourth-order valence-corrected chi connectivity index (χ4v) is 3.96. The number of carbonyl (C=O) groups is 1. The second-order valence-corrected chi connectivity index (χ2v) is 7.85. The maximum absolute atomic E-state index is 12.7. The molecule has 0 aliphatic rings. The summed E-state index contributed by atoms with van der Waals surface area (Å²) in [5.74, 6) is -0.0934. The van der Waals surface area contributed by atoms with E-state index in [0.29, 0.717) is 17.8 Å². The van der Waals surface area contributed by atoms with Gasteiger partial charge in [-0.25, -0.2) is 4.98 Å². The summed E-state index contributed by atoms with van der Waals surface area (Å²) in [4.78, 5) is 17.6.